The molecule has 7 heteroatoms. The Labute approximate surface area is 111 Å². The van der Waals surface area contributed by atoms with Gasteiger partial charge in [-0.05, 0) is 25.0 Å². The van der Waals surface area contributed by atoms with Crippen LogP contribution >= 0.6 is 11.6 Å². The number of halogens is 2. The third-order valence-corrected chi connectivity index (χ3v) is 5.27. The molecule has 2 rings (SSSR count). The summed E-state index contributed by atoms with van der Waals surface area (Å²) in [5, 5.41) is -0.512. The summed E-state index contributed by atoms with van der Waals surface area (Å²) in [4.78, 5) is 3.65. The van der Waals surface area contributed by atoms with Crippen molar-refractivity contribution in [2.45, 2.75) is 30.3 Å². The van der Waals surface area contributed by atoms with E-state index < -0.39 is 20.9 Å². The molecule has 1 aromatic heterocycles. The van der Waals surface area contributed by atoms with Gasteiger partial charge in [-0.1, -0.05) is 6.42 Å². The summed E-state index contributed by atoms with van der Waals surface area (Å²) in [6, 6.07) is 2.19. The molecular weight excluding hydrogens is 279 g/mol. The standard InChI is InChI=1S/C11H14ClFN2O2S/c12-8-9-4-1-2-7-15(9)18(16,17)11-10(13)5-3-6-14-11/h3,5-6,9H,1-2,4,7-8H2. The van der Waals surface area contributed by atoms with E-state index in [4.69, 9.17) is 11.6 Å². The van der Waals surface area contributed by atoms with E-state index in [1.165, 1.54) is 16.6 Å². The Balaban J connectivity index is 2.39. The zero-order valence-corrected chi connectivity index (χ0v) is 11.3. The van der Waals surface area contributed by atoms with Crippen LogP contribution in [-0.4, -0.2) is 36.2 Å². The quantitative estimate of drug-likeness (QED) is 0.801. The molecule has 0 N–H and O–H groups in total. The minimum atomic E-state index is -3.89. The van der Waals surface area contributed by atoms with Crippen LogP contribution in [0.5, 0.6) is 0 Å². The number of rotatable bonds is 3. The lowest BCUT2D eigenvalue weighted by Crippen LogP contribution is -2.45. The average Bonchev–Trinajstić information content (AvgIpc) is 2.39. The third-order valence-electron chi connectivity index (χ3n) is 3.03. The van der Waals surface area contributed by atoms with Crippen molar-refractivity contribution >= 4 is 21.6 Å². The highest BCUT2D eigenvalue weighted by molar-refractivity contribution is 7.89. The number of piperidine rings is 1. The van der Waals surface area contributed by atoms with E-state index >= 15 is 0 Å². The molecule has 1 aromatic rings. The van der Waals surface area contributed by atoms with Crippen LogP contribution in [0.3, 0.4) is 0 Å². The Morgan fingerprint density at radius 2 is 2.28 bits per heavy atom. The first-order chi connectivity index (χ1) is 8.57. The lowest BCUT2D eigenvalue weighted by atomic mass is 10.1. The molecule has 1 aliphatic rings. The topological polar surface area (TPSA) is 50.3 Å². The third kappa shape index (κ3) is 2.50. The molecule has 1 unspecified atom stereocenters. The highest BCUT2D eigenvalue weighted by atomic mass is 35.5. The maximum absolute atomic E-state index is 13.6. The maximum Gasteiger partial charge on any atom is 0.263 e. The summed E-state index contributed by atoms with van der Waals surface area (Å²) >= 11 is 5.79. The molecular formula is C11H14ClFN2O2S. The van der Waals surface area contributed by atoms with Gasteiger partial charge in [-0.3, -0.25) is 0 Å². The largest absolute Gasteiger partial charge is 0.263 e. The molecule has 18 heavy (non-hydrogen) atoms. The fourth-order valence-corrected chi connectivity index (χ4v) is 4.19. The smallest absolute Gasteiger partial charge is 0.241 e. The van der Waals surface area contributed by atoms with Crippen molar-refractivity contribution in [2.24, 2.45) is 0 Å². The van der Waals surface area contributed by atoms with Crippen LogP contribution in [0.25, 0.3) is 0 Å². The van der Waals surface area contributed by atoms with Gasteiger partial charge in [-0.25, -0.2) is 17.8 Å². The van der Waals surface area contributed by atoms with Crippen LogP contribution < -0.4 is 0 Å². The first kappa shape index (κ1) is 13.7. The average molecular weight is 293 g/mol. The van der Waals surface area contributed by atoms with Crippen molar-refractivity contribution in [1.29, 1.82) is 0 Å². The highest BCUT2D eigenvalue weighted by Gasteiger charge is 2.35. The second-order valence-electron chi connectivity index (χ2n) is 4.21. The molecule has 1 saturated heterocycles. The normalized spacial score (nSPS) is 22.0. The monoisotopic (exact) mass is 292 g/mol. The molecule has 1 fully saturated rings. The number of pyridine rings is 1. The SMILES string of the molecule is O=S(=O)(c1ncccc1F)N1CCCCC1CCl. The maximum atomic E-state index is 13.6. The number of alkyl halides is 1. The van der Waals surface area contributed by atoms with Gasteiger partial charge in [0.15, 0.2) is 5.82 Å². The van der Waals surface area contributed by atoms with Gasteiger partial charge in [0.2, 0.25) is 5.03 Å². The summed E-state index contributed by atoms with van der Waals surface area (Å²) in [6.07, 6.45) is 3.68. The van der Waals surface area contributed by atoms with Gasteiger partial charge in [0.05, 0.1) is 0 Å². The molecule has 1 aliphatic heterocycles. The predicted molar refractivity (Wildman–Crippen MR) is 66.4 cm³/mol. The second kappa shape index (κ2) is 5.50. The van der Waals surface area contributed by atoms with Crippen LogP contribution in [0.2, 0.25) is 0 Å². The summed E-state index contributed by atoms with van der Waals surface area (Å²) in [5.74, 6) is -0.607. The zero-order valence-electron chi connectivity index (χ0n) is 9.72. The molecule has 0 spiro atoms. The van der Waals surface area contributed by atoms with Gasteiger partial charge in [0, 0.05) is 24.7 Å². The van der Waals surface area contributed by atoms with Crippen molar-refractivity contribution in [1.82, 2.24) is 9.29 Å². The number of aromatic nitrogens is 1. The van der Waals surface area contributed by atoms with Gasteiger partial charge < -0.3 is 0 Å². The van der Waals surface area contributed by atoms with Gasteiger partial charge >= 0.3 is 0 Å². The minimum Gasteiger partial charge on any atom is -0.241 e. The highest BCUT2D eigenvalue weighted by Crippen LogP contribution is 2.26. The lowest BCUT2D eigenvalue weighted by Gasteiger charge is -2.33. The molecule has 100 valence electrons. The minimum absolute atomic E-state index is 0.216. The first-order valence-corrected chi connectivity index (χ1v) is 7.73. The molecule has 0 amide bonds. The van der Waals surface area contributed by atoms with E-state index in [1.807, 2.05) is 0 Å². The van der Waals surface area contributed by atoms with Crippen molar-refractivity contribution in [3.05, 3.63) is 24.1 Å². The molecule has 0 saturated carbocycles. The Bertz CT molecular complexity index is 524. The van der Waals surface area contributed by atoms with Crippen LogP contribution in [0, 0.1) is 5.82 Å². The molecule has 0 radical (unpaired) electrons. The fraction of sp³-hybridized carbons (Fsp3) is 0.545. The van der Waals surface area contributed by atoms with Crippen LogP contribution in [0.15, 0.2) is 23.4 Å². The Hall–Kier alpha value is -0.720. The van der Waals surface area contributed by atoms with E-state index in [0.717, 1.165) is 18.9 Å². The molecule has 1 atom stereocenters. The summed E-state index contributed by atoms with van der Waals surface area (Å²) in [5.41, 5.74) is 0. The van der Waals surface area contributed by atoms with E-state index in [9.17, 15) is 12.8 Å². The fourth-order valence-electron chi connectivity index (χ4n) is 2.12. The Morgan fingerprint density at radius 1 is 1.50 bits per heavy atom. The molecule has 2 heterocycles. The Kier molecular flexibility index (Phi) is 4.19. The first-order valence-electron chi connectivity index (χ1n) is 5.75. The lowest BCUT2D eigenvalue weighted by molar-refractivity contribution is 0.269. The molecule has 0 bridgehead atoms. The summed E-state index contributed by atoms with van der Waals surface area (Å²) in [6.45, 7) is 0.371. The molecule has 0 aromatic carbocycles. The number of sulfonamides is 1. The number of hydrogen-bond donors (Lipinski definition) is 0. The molecule has 4 nitrogen and oxygen atoms in total. The van der Waals surface area contributed by atoms with Crippen molar-refractivity contribution < 1.29 is 12.8 Å². The van der Waals surface area contributed by atoms with Crippen molar-refractivity contribution in [3.63, 3.8) is 0 Å². The Morgan fingerprint density at radius 3 is 2.94 bits per heavy atom. The second-order valence-corrected chi connectivity index (χ2v) is 6.32. The van der Waals surface area contributed by atoms with Crippen LogP contribution in [0.4, 0.5) is 4.39 Å². The van der Waals surface area contributed by atoms with Gasteiger partial charge in [-0.2, -0.15) is 4.31 Å². The summed E-state index contributed by atoms with van der Waals surface area (Å²) < 4.78 is 39.5. The molecule has 0 aliphatic carbocycles. The summed E-state index contributed by atoms with van der Waals surface area (Å²) in [7, 11) is -3.89. The van der Waals surface area contributed by atoms with E-state index in [2.05, 4.69) is 4.98 Å². The predicted octanol–water partition coefficient (Wildman–Crippen LogP) is 2.00. The van der Waals surface area contributed by atoms with Crippen LogP contribution in [0.1, 0.15) is 19.3 Å². The van der Waals surface area contributed by atoms with E-state index in [1.54, 1.807) is 0 Å². The number of nitrogens with zero attached hydrogens (tertiary/aromatic N) is 2. The zero-order chi connectivity index (χ0) is 13.2. The van der Waals surface area contributed by atoms with E-state index in [-0.39, 0.29) is 11.9 Å². The number of hydrogen-bond acceptors (Lipinski definition) is 3. The van der Waals surface area contributed by atoms with Gasteiger partial charge in [-0.15, -0.1) is 11.6 Å². The van der Waals surface area contributed by atoms with Crippen molar-refractivity contribution in [2.75, 3.05) is 12.4 Å². The van der Waals surface area contributed by atoms with E-state index in [0.29, 0.717) is 13.0 Å². The van der Waals surface area contributed by atoms with Gasteiger partial charge in [0.25, 0.3) is 10.0 Å². The van der Waals surface area contributed by atoms with Crippen molar-refractivity contribution in [3.8, 4) is 0 Å². The van der Waals surface area contributed by atoms with Gasteiger partial charge in [0.1, 0.15) is 0 Å². The van der Waals surface area contributed by atoms with Crippen LogP contribution in [-0.2, 0) is 10.0 Å².